The van der Waals surface area contributed by atoms with Crippen LogP contribution in [0.15, 0.2) is 33.5 Å². The average Bonchev–Trinajstić information content (AvgIpc) is 2.56. The normalized spacial score (nSPS) is 12.2. The van der Waals surface area contributed by atoms with Gasteiger partial charge < -0.3 is 14.4 Å². The van der Waals surface area contributed by atoms with Crippen molar-refractivity contribution in [1.82, 2.24) is 4.57 Å². The van der Waals surface area contributed by atoms with Gasteiger partial charge >= 0.3 is 0 Å². The van der Waals surface area contributed by atoms with Crippen LogP contribution in [0.3, 0.4) is 0 Å². The molecule has 1 aromatic heterocycles. The van der Waals surface area contributed by atoms with Gasteiger partial charge in [0.2, 0.25) is 0 Å². The second kappa shape index (κ2) is 8.70. The molecule has 2 rings (SSSR count). The summed E-state index contributed by atoms with van der Waals surface area (Å²) in [7, 11) is 1.56. The van der Waals surface area contributed by atoms with Crippen LogP contribution in [0, 0.1) is 12.7 Å². The van der Waals surface area contributed by atoms with Gasteiger partial charge in [0.25, 0.3) is 5.56 Å². The summed E-state index contributed by atoms with van der Waals surface area (Å²) in [5.41, 5.74) is 1.31. The first-order valence-electron chi connectivity index (χ1n) is 8.13. The van der Waals surface area contributed by atoms with Crippen LogP contribution in [0.5, 0.6) is 0 Å². The molecule has 0 radical (unpaired) electrons. The molecule has 0 saturated heterocycles. The number of hydrogen-bond acceptors (Lipinski definition) is 4. The molecule has 0 aliphatic rings. The van der Waals surface area contributed by atoms with Crippen LogP contribution in [0.2, 0.25) is 0 Å². The van der Waals surface area contributed by atoms with E-state index in [0.29, 0.717) is 26.9 Å². The molecule has 0 bridgehead atoms. The third-order valence-corrected chi connectivity index (χ3v) is 4.48. The largest absolute Gasteiger partial charge is 0.391 e. The second-order valence-electron chi connectivity index (χ2n) is 6.25. The lowest BCUT2D eigenvalue weighted by atomic mass is 10.00. The highest BCUT2D eigenvalue weighted by atomic mass is 79.9. The number of aryl methyl sites for hydroxylation is 1. The number of benzene rings is 1. The maximum Gasteiger partial charge on any atom is 0.253 e. The Kier molecular flexibility index (Phi) is 6.86. The van der Waals surface area contributed by atoms with E-state index in [0.717, 1.165) is 0 Å². The van der Waals surface area contributed by atoms with E-state index in [1.165, 1.54) is 16.7 Å². The van der Waals surface area contributed by atoms with Gasteiger partial charge in [0.05, 0.1) is 12.7 Å². The first-order valence-corrected chi connectivity index (χ1v) is 8.92. The zero-order valence-electron chi connectivity index (χ0n) is 14.9. The van der Waals surface area contributed by atoms with E-state index in [9.17, 15) is 19.1 Å². The Balaban J connectivity index is 2.41. The van der Waals surface area contributed by atoms with Gasteiger partial charge in [0.1, 0.15) is 12.4 Å². The Bertz CT molecular complexity index is 877. The standard InChI is InChI=1S/C19H21BrFNO4/c1-11-6-15(18(24)10-26-9-12(2)23)17(22(3)19(11)25)7-13-4-5-14(20)8-16(13)21/h4-6,8,12,23H,7,9-10H2,1-3H3/t12-/m0/s1. The smallest absolute Gasteiger partial charge is 0.253 e. The Morgan fingerprint density at radius 2 is 2.08 bits per heavy atom. The number of nitrogens with zero attached hydrogens (tertiary/aromatic N) is 1. The number of ether oxygens (including phenoxy) is 1. The quantitative estimate of drug-likeness (QED) is 0.692. The van der Waals surface area contributed by atoms with Crippen molar-refractivity contribution in [3.63, 3.8) is 0 Å². The highest BCUT2D eigenvalue weighted by Crippen LogP contribution is 2.20. The number of halogens is 2. The van der Waals surface area contributed by atoms with Crippen LogP contribution in [0.4, 0.5) is 4.39 Å². The predicted octanol–water partition coefficient (Wildman–Crippen LogP) is 2.77. The van der Waals surface area contributed by atoms with Crippen molar-refractivity contribution in [3.8, 4) is 0 Å². The minimum atomic E-state index is -0.680. The summed E-state index contributed by atoms with van der Waals surface area (Å²) in [5.74, 6) is -0.743. The number of pyridine rings is 1. The van der Waals surface area contributed by atoms with Gasteiger partial charge in [-0.25, -0.2) is 4.39 Å². The van der Waals surface area contributed by atoms with E-state index in [4.69, 9.17) is 4.74 Å². The number of Topliss-reactive ketones (excluding diaryl/α,β-unsaturated/α-hetero) is 1. The summed E-state index contributed by atoms with van der Waals surface area (Å²) in [6.07, 6.45) is -0.580. The van der Waals surface area contributed by atoms with Crippen molar-refractivity contribution in [1.29, 1.82) is 0 Å². The summed E-state index contributed by atoms with van der Waals surface area (Å²) in [6.45, 7) is 2.99. The fourth-order valence-electron chi connectivity index (χ4n) is 2.63. The van der Waals surface area contributed by atoms with Gasteiger partial charge in [-0.3, -0.25) is 9.59 Å². The minimum absolute atomic E-state index is 0.0349. The lowest BCUT2D eigenvalue weighted by Gasteiger charge is -2.16. The number of aromatic nitrogens is 1. The molecule has 1 aromatic carbocycles. The molecule has 1 atom stereocenters. The molecule has 0 saturated carbocycles. The zero-order valence-corrected chi connectivity index (χ0v) is 16.5. The van der Waals surface area contributed by atoms with Gasteiger partial charge in [-0.15, -0.1) is 0 Å². The third kappa shape index (κ3) is 4.87. The van der Waals surface area contributed by atoms with Gasteiger partial charge in [0.15, 0.2) is 5.78 Å². The second-order valence-corrected chi connectivity index (χ2v) is 7.17. The van der Waals surface area contributed by atoms with Gasteiger partial charge in [-0.2, -0.15) is 0 Å². The molecule has 1 N–H and O–H groups in total. The van der Waals surface area contributed by atoms with Crippen molar-refractivity contribution >= 4 is 21.7 Å². The lowest BCUT2D eigenvalue weighted by molar-refractivity contribution is 0.0424. The van der Waals surface area contributed by atoms with Crippen LogP contribution < -0.4 is 5.56 Å². The van der Waals surface area contributed by atoms with E-state index in [1.54, 1.807) is 33.0 Å². The summed E-state index contributed by atoms with van der Waals surface area (Å²) in [5, 5.41) is 9.24. The van der Waals surface area contributed by atoms with Crippen molar-refractivity contribution in [2.45, 2.75) is 26.4 Å². The number of aliphatic hydroxyl groups is 1. The van der Waals surface area contributed by atoms with E-state index < -0.39 is 11.9 Å². The first kappa shape index (κ1) is 20.5. The van der Waals surface area contributed by atoms with Crippen LogP contribution in [-0.4, -0.2) is 34.8 Å². The molecular formula is C19H21BrFNO4. The summed E-state index contributed by atoms with van der Waals surface area (Å²) in [6, 6.07) is 6.18. The van der Waals surface area contributed by atoms with Crippen LogP contribution >= 0.6 is 15.9 Å². The minimum Gasteiger partial charge on any atom is -0.391 e. The molecule has 1 heterocycles. The van der Waals surface area contributed by atoms with Crippen LogP contribution in [0.25, 0.3) is 0 Å². The van der Waals surface area contributed by atoms with E-state index in [2.05, 4.69) is 15.9 Å². The molecule has 0 spiro atoms. The number of carbonyl (C=O) groups excluding carboxylic acids is 1. The fourth-order valence-corrected chi connectivity index (χ4v) is 2.96. The molecule has 7 heteroatoms. The van der Waals surface area contributed by atoms with E-state index in [1.807, 2.05) is 0 Å². The van der Waals surface area contributed by atoms with Crippen LogP contribution in [-0.2, 0) is 18.2 Å². The maximum absolute atomic E-state index is 14.2. The Labute approximate surface area is 159 Å². The zero-order chi connectivity index (χ0) is 19.4. The Hall–Kier alpha value is -1.83. The fraction of sp³-hybridized carbons (Fsp3) is 0.368. The number of carbonyl (C=O) groups is 1. The molecule has 0 amide bonds. The molecule has 140 valence electrons. The number of rotatable bonds is 7. The van der Waals surface area contributed by atoms with E-state index >= 15 is 0 Å². The van der Waals surface area contributed by atoms with Crippen molar-refractivity contribution in [2.75, 3.05) is 13.2 Å². The molecule has 0 aliphatic carbocycles. The van der Waals surface area contributed by atoms with Gasteiger partial charge in [0, 0.05) is 34.8 Å². The molecule has 2 aromatic rings. The lowest BCUT2D eigenvalue weighted by Crippen LogP contribution is -2.27. The monoisotopic (exact) mass is 425 g/mol. The van der Waals surface area contributed by atoms with Crippen molar-refractivity contribution in [2.24, 2.45) is 7.05 Å². The van der Waals surface area contributed by atoms with Gasteiger partial charge in [-0.1, -0.05) is 22.0 Å². The Morgan fingerprint density at radius 1 is 1.38 bits per heavy atom. The highest BCUT2D eigenvalue weighted by molar-refractivity contribution is 9.10. The summed E-state index contributed by atoms with van der Waals surface area (Å²) in [4.78, 5) is 24.9. The molecule has 5 nitrogen and oxygen atoms in total. The van der Waals surface area contributed by atoms with E-state index in [-0.39, 0.29) is 31.0 Å². The number of hydrogen-bond donors (Lipinski definition) is 1. The van der Waals surface area contributed by atoms with Crippen molar-refractivity contribution in [3.05, 3.63) is 67.3 Å². The number of aliphatic hydroxyl groups excluding tert-OH is 1. The maximum atomic E-state index is 14.2. The topological polar surface area (TPSA) is 68.5 Å². The van der Waals surface area contributed by atoms with Crippen LogP contribution in [0.1, 0.15) is 34.1 Å². The third-order valence-electron chi connectivity index (χ3n) is 3.98. The molecular weight excluding hydrogens is 405 g/mol. The highest BCUT2D eigenvalue weighted by Gasteiger charge is 2.19. The molecule has 0 unspecified atom stereocenters. The number of ketones is 1. The van der Waals surface area contributed by atoms with Gasteiger partial charge in [-0.05, 0) is 37.6 Å². The predicted molar refractivity (Wildman–Crippen MR) is 100 cm³/mol. The summed E-state index contributed by atoms with van der Waals surface area (Å²) < 4.78 is 21.4. The first-order chi connectivity index (χ1) is 12.2. The molecule has 26 heavy (non-hydrogen) atoms. The molecule has 0 fully saturated rings. The average molecular weight is 426 g/mol. The Morgan fingerprint density at radius 3 is 2.69 bits per heavy atom. The molecule has 0 aliphatic heterocycles. The summed E-state index contributed by atoms with van der Waals surface area (Å²) >= 11 is 3.21. The SMILES string of the molecule is Cc1cc(C(=O)COC[C@H](C)O)c(Cc2ccc(Br)cc2F)n(C)c1=O. The van der Waals surface area contributed by atoms with Crippen molar-refractivity contribution < 1.29 is 19.0 Å².